The second-order valence-electron chi connectivity index (χ2n) is 6.42. The molecule has 0 heterocycles. The number of ether oxygens (including phenoxy) is 1. The van der Waals surface area contributed by atoms with Crippen LogP contribution in [0.15, 0.2) is 72.8 Å². The first-order valence-corrected chi connectivity index (χ1v) is 8.88. The maximum atomic E-state index is 13.3. The van der Waals surface area contributed by atoms with Gasteiger partial charge in [0.25, 0.3) is 0 Å². The zero-order valence-electron chi connectivity index (χ0n) is 15.0. The SMILES string of the molecule is CCOc1cccc2c1C(c1ccccc1)=C(c1ccc(C)cc1)C2=O. The Balaban J connectivity index is 2.03. The van der Waals surface area contributed by atoms with E-state index in [4.69, 9.17) is 4.74 Å². The van der Waals surface area contributed by atoms with Gasteiger partial charge >= 0.3 is 0 Å². The van der Waals surface area contributed by atoms with E-state index in [0.29, 0.717) is 12.2 Å². The summed E-state index contributed by atoms with van der Waals surface area (Å²) in [7, 11) is 0. The molecule has 1 aliphatic rings. The quantitative estimate of drug-likeness (QED) is 0.622. The van der Waals surface area contributed by atoms with Crippen LogP contribution in [-0.2, 0) is 0 Å². The molecule has 0 fully saturated rings. The van der Waals surface area contributed by atoms with E-state index in [9.17, 15) is 4.79 Å². The molecule has 0 bridgehead atoms. The maximum Gasteiger partial charge on any atom is 0.195 e. The molecule has 26 heavy (non-hydrogen) atoms. The zero-order valence-corrected chi connectivity index (χ0v) is 15.0. The number of benzene rings is 3. The van der Waals surface area contributed by atoms with Gasteiger partial charge in [0, 0.05) is 22.3 Å². The molecule has 0 saturated carbocycles. The van der Waals surface area contributed by atoms with Gasteiger partial charge in [-0.1, -0.05) is 72.3 Å². The molecule has 1 aliphatic carbocycles. The maximum absolute atomic E-state index is 13.3. The number of fused-ring (bicyclic) bond motifs is 1. The molecule has 128 valence electrons. The van der Waals surface area contributed by atoms with Crippen molar-refractivity contribution in [2.75, 3.05) is 6.61 Å². The number of carbonyl (C=O) groups excluding carboxylic acids is 1. The fourth-order valence-electron chi connectivity index (χ4n) is 3.52. The van der Waals surface area contributed by atoms with Crippen LogP contribution in [0.4, 0.5) is 0 Å². The van der Waals surface area contributed by atoms with E-state index in [2.05, 4.69) is 19.1 Å². The van der Waals surface area contributed by atoms with Gasteiger partial charge in [0.2, 0.25) is 0 Å². The molecule has 0 saturated heterocycles. The third-order valence-corrected chi connectivity index (χ3v) is 4.70. The molecular formula is C24H20O2. The van der Waals surface area contributed by atoms with E-state index in [1.54, 1.807) is 0 Å². The fourth-order valence-corrected chi connectivity index (χ4v) is 3.52. The van der Waals surface area contributed by atoms with Crippen molar-refractivity contribution < 1.29 is 9.53 Å². The minimum atomic E-state index is 0.0595. The van der Waals surface area contributed by atoms with E-state index in [1.807, 2.05) is 67.6 Å². The van der Waals surface area contributed by atoms with Crippen molar-refractivity contribution in [1.82, 2.24) is 0 Å². The molecule has 0 aliphatic heterocycles. The fraction of sp³-hybridized carbons (Fsp3) is 0.125. The average molecular weight is 340 g/mol. The third-order valence-electron chi connectivity index (χ3n) is 4.70. The number of rotatable bonds is 4. The normalized spacial score (nSPS) is 13.1. The molecule has 3 aromatic rings. The second kappa shape index (κ2) is 6.64. The number of carbonyl (C=O) groups is 1. The largest absolute Gasteiger partial charge is 0.493 e. The average Bonchev–Trinajstić information content (AvgIpc) is 2.97. The van der Waals surface area contributed by atoms with Crippen LogP contribution < -0.4 is 4.74 Å². The smallest absolute Gasteiger partial charge is 0.195 e. The van der Waals surface area contributed by atoms with Crippen molar-refractivity contribution in [3.63, 3.8) is 0 Å². The van der Waals surface area contributed by atoms with E-state index in [1.165, 1.54) is 5.56 Å². The molecule has 0 aromatic heterocycles. The Kier molecular flexibility index (Phi) is 4.18. The van der Waals surface area contributed by atoms with Crippen molar-refractivity contribution in [3.8, 4) is 5.75 Å². The minimum absolute atomic E-state index is 0.0595. The molecule has 0 radical (unpaired) electrons. The van der Waals surface area contributed by atoms with Gasteiger partial charge in [-0.3, -0.25) is 4.79 Å². The van der Waals surface area contributed by atoms with Crippen molar-refractivity contribution in [2.45, 2.75) is 13.8 Å². The number of allylic oxidation sites excluding steroid dienone is 1. The Morgan fingerprint density at radius 2 is 1.46 bits per heavy atom. The first kappa shape index (κ1) is 16.3. The monoisotopic (exact) mass is 340 g/mol. The molecule has 3 aromatic carbocycles. The highest BCUT2D eigenvalue weighted by molar-refractivity contribution is 6.41. The van der Waals surface area contributed by atoms with Crippen LogP contribution in [0.1, 0.15) is 39.5 Å². The Bertz CT molecular complexity index is 996. The topological polar surface area (TPSA) is 26.3 Å². The molecule has 2 nitrogen and oxygen atoms in total. The van der Waals surface area contributed by atoms with Gasteiger partial charge in [0.05, 0.1) is 6.61 Å². The molecule has 0 N–H and O–H groups in total. The summed E-state index contributed by atoms with van der Waals surface area (Å²) in [5.41, 5.74) is 6.47. The number of hydrogen-bond acceptors (Lipinski definition) is 2. The Morgan fingerprint density at radius 1 is 0.769 bits per heavy atom. The summed E-state index contributed by atoms with van der Waals surface area (Å²) in [5.74, 6) is 0.823. The number of ketones is 1. The minimum Gasteiger partial charge on any atom is -0.493 e. The lowest BCUT2D eigenvalue weighted by atomic mass is 9.93. The van der Waals surface area contributed by atoms with Gasteiger partial charge in [0.1, 0.15) is 5.75 Å². The molecular weight excluding hydrogens is 320 g/mol. The van der Waals surface area contributed by atoms with Gasteiger partial charge in [-0.15, -0.1) is 0 Å². The van der Waals surface area contributed by atoms with Crippen LogP contribution >= 0.6 is 0 Å². The van der Waals surface area contributed by atoms with E-state index in [-0.39, 0.29) is 5.78 Å². The summed E-state index contributed by atoms with van der Waals surface area (Å²) in [4.78, 5) is 13.3. The number of hydrogen-bond donors (Lipinski definition) is 0. The predicted molar refractivity (Wildman–Crippen MR) is 105 cm³/mol. The second-order valence-corrected chi connectivity index (χ2v) is 6.42. The van der Waals surface area contributed by atoms with Crippen LogP contribution in [0.3, 0.4) is 0 Å². The van der Waals surface area contributed by atoms with Gasteiger partial charge in [-0.05, 0) is 31.0 Å². The molecule has 4 rings (SSSR count). The van der Waals surface area contributed by atoms with Crippen LogP contribution in [0.25, 0.3) is 11.1 Å². The number of aryl methyl sites for hydroxylation is 1. The van der Waals surface area contributed by atoms with E-state index in [0.717, 1.165) is 33.6 Å². The lowest BCUT2D eigenvalue weighted by Crippen LogP contribution is -2.00. The molecule has 0 spiro atoms. The van der Waals surface area contributed by atoms with Crippen molar-refractivity contribution in [3.05, 3.63) is 101 Å². The van der Waals surface area contributed by atoms with Crippen molar-refractivity contribution >= 4 is 16.9 Å². The van der Waals surface area contributed by atoms with Crippen molar-refractivity contribution in [1.29, 1.82) is 0 Å². The molecule has 2 heteroatoms. The standard InChI is InChI=1S/C24H20O2/c1-3-26-20-11-7-10-19-23(20)21(17-8-5-4-6-9-17)22(24(19)25)18-14-12-16(2)13-15-18/h4-15H,3H2,1-2H3. The molecule has 0 unspecified atom stereocenters. The predicted octanol–water partition coefficient (Wildman–Crippen LogP) is 5.55. The number of Topliss-reactive ketones (excluding diaryl/α,β-unsaturated/α-hetero) is 1. The molecule has 0 amide bonds. The third kappa shape index (κ3) is 2.64. The van der Waals surface area contributed by atoms with Crippen LogP contribution in [-0.4, -0.2) is 12.4 Å². The van der Waals surface area contributed by atoms with Crippen LogP contribution in [0.5, 0.6) is 5.75 Å². The summed E-state index contributed by atoms with van der Waals surface area (Å²) in [6.45, 7) is 4.57. The Hall–Kier alpha value is -3.13. The Morgan fingerprint density at radius 3 is 2.15 bits per heavy atom. The highest BCUT2D eigenvalue weighted by Crippen LogP contribution is 2.46. The van der Waals surface area contributed by atoms with Gasteiger partial charge in [-0.25, -0.2) is 0 Å². The summed E-state index contributed by atoms with van der Waals surface area (Å²) < 4.78 is 5.87. The van der Waals surface area contributed by atoms with Gasteiger partial charge < -0.3 is 4.74 Å². The van der Waals surface area contributed by atoms with E-state index < -0.39 is 0 Å². The first-order chi connectivity index (χ1) is 12.7. The van der Waals surface area contributed by atoms with Crippen LogP contribution in [0, 0.1) is 6.92 Å². The molecule has 0 atom stereocenters. The highest BCUT2D eigenvalue weighted by Gasteiger charge is 2.33. The zero-order chi connectivity index (χ0) is 18.1. The van der Waals surface area contributed by atoms with Crippen LogP contribution in [0.2, 0.25) is 0 Å². The highest BCUT2D eigenvalue weighted by atomic mass is 16.5. The summed E-state index contributed by atoms with van der Waals surface area (Å²) >= 11 is 0. The summed E-state index contributed by atoms with van der Waals surface area (Å²) in [5, 5.41) is 0. The first-order valence-electron chi connectivity index (χ1n) is 8.88. The van der Waals surface area contributed by atoms with Gasteiger partial charge in [0.15, 0.2) is 5.78 Å². The lowest BCUT2D eigenvalue weighted by molar-refractivity contribution is 0.105. The summed E-state index contributed by atoms with van der Waals surface area (Å²) in [6, 6.07) is 24.0. The lowest BCUT2D eigenvalue weighted by Gasteiger charge is -2.13. The van der Waals surface area contributed by atoms with Gasteiger partial charge in [-0.2, -0.15) is 0 Å². The summed E-state index contributed by atoms with van der Waals surface area (Å²) in [6.07, 6.45) is 0. The van der Waals surface area contributed by atoms with Crippen molar-refractivity contribution in [2.24, 2.45) is 0 Å². The Labute approximate surface area is 153 Å². The van der Waals surface area contributed by atoms with E-state index >= 15 is 0 Å².